The first-order valence-electron chi connectivity index (χ1n) is 7.07. The van der Waals surface area contributed by atoms with E-state index in [4.69, 9.17) is 0 Å². The van der Waals surface area contributed by atoms with Gasteiger partial charge in [0, 0.05) is 17.3 Å². The van der Waals surface area contributed by atoms with Crippen LogP contribution < -0.4 is 10.6 Å². The molecule has 2 amide bonds. The van der Waals surface area contributed by atoms with E-state index < -0.39 is 0 Å². The molecule has 0 saturated heterocycles. The first-order valence-corrected chi connectivity index (χ1v) is 7.07. The van der Waals surface area contributed by atoms with Crippen LogP contribution in [0.5, 0.6) is 0 Å². The summed E-state index contributed by atoms with van der Waals surface area (Å²) in [7, 11) is 0. The fourth-order valence-corrected chi connectivity index (χ4v) is 2.74. The minimum atomic E-state index is -0.203. The van der Waals surface area contributed by atoms with E-state index in [0.29, 0.717) is 11.3 Å². The van der Waals surface area contributed by atoms with Gasteiger partial charge < -0.3 is 10.6 Å². The molecule has 0 aliphatic heterocycles. The molecule has 2 N–H and O–H groups in total. The van der Waals surface area contributed by atoms with Gasteiger partial charge in [-0.3, -0.25) is 4.79 Å². The van der Waals surface area contributed by atoms with E-state index in [1.54, 1.807) is 24.3 Å². The highest BCUT2D eigenvalue weighted by Crippen LogP contribution is 2.37. The van der Waals surface area contributed by atoms with Crippen molar-refractivity contribution in [1.82, 2.24) is 5.32 Å². The van der Waals surface area contributed by atoms with E-state index in [9.17, 15) is 9.59 Å². The van der Waals surface area contributed by atoms with Gasteiger partial charge in [0.25, 0.3) is 0 Å². The van der Waals surface area contributed by atoms with E-state index >= 15 is 0 Å². The van der Waals surface area contributed by atoms with Gasteiger partial charge in [-0.15, -0.1) is 0 Å². The molecule has 1 unspecified atom stereocenters. The Kier molecular flexibility index (Phi) is 4.12. The van der Waals surface area contributed by atoms with Gasteiger partial charge in [-0.25, -0.2) is 4.79 Å². The Hall–Kier alpha value is -1.84. The standard InChI is InChI=1S/C16H22N2O2/c1-11(19)12-6-4-7-13(10-12)17-15(20)18-14-8-5-9-16(14,2)3/h4,6-7,10,14H,5,8-9H2,1-3H3,(H2,17,18,20). The molecule has 1 fully saturated rings. The van der Waals surface area contributed by atoms with Crippen molar-refractivity contribution in [1.29, 1.82) is 0 Å². The topological polar surface area (TPSA) is 58.2 Å². The average molecular weight is 274 g/mol. The molecule has 0 heterocycles. The van der Waals surface area contributed by atoms with Crippen LogP contribution in [0, 0.1) is 5.41 Å². The maximum Gasteiger partial charge on any atom is 0.319 e. The molecule has 2 rings (SSSR count). The van der Waals surface area contributed by atoms with E-state index in [2.05, 4.69) is 24.5 Å². The lowest BCUT2D eigenvalue weighted by atomic mass is 9.87. The fourth-order valence-electron chi connectivity index (χ4n) is 2.74. The lowest BCUT2D eigenvalue weighted by Gasteiger charge is -2.27. The van der Waals surface area contributed by atoms with Crippen molar-refractivity contribution in [2.24, 2.45) is 5.41 Å². The van der Waals surface area contributed by atoms with Crippen molar-refractivity contribution in [3.63, 3.8) is 0 Å². The maximum absolute atomic E-state index is 12.0. The number of carbonyl (C=O) groups excluding carboxylic acids is 2. The van der Waals surface area contributed by atoms with Crippen molar-refractivity contribution in [3.05, 3.63) is 29.8 Å². The Morgan fingerprint density at radius 2 is 2.05 bits per heavy atom. The molecular formula is C16H22N2O2. The quantitative estimate of drug-likeness (QED) is 0.827. The van der Waals surface area contributed by atoms with Gasteiger partial charge in [0.1, 0.15) is 0 Å². The van der Waals surface area contributed by atoms with Crippen LogP contribution in [-0.4, -0.2) is 17.9 Å². The second-order valence-electron chi connectivity index (χ2n) is 6.17. The largest absolute Gasteiger partial charge is 0.335 e. The average Bonchev–Trinajstić information content (AvgIpc) is 2.69. The van der Waals surface area contributed by atoms with Gasteiger partial charge >= 0.3 is 6.03 Å². The summed E-state index contributed by atoms with van der Waals surface area (Å²) < 4.78 is 0. The number of rotatable bonds is 3. The number of carbonyl (C=O) groups is 2. The number of hydrogen-bond acceptors (Lipinski definition) is 2. The molecular weight excluding hydrogens is 252 g/mol. The smallest absolute Gasteiger partial charge is 0.319 e. The third-order valence-electron chi connectivity index (χ3n) is 4.09. The molecule has 0 aromatic heterocycles. The minimum Gasteiger partial charge on any atom is -0.335 e. The number of urea groups is 1. The van der Waals surface area contributed by atoms with Crippen molar-refractivity contribution in [2.45, 2.75) is 46.1 Å². The summed E-state index contributed by atoms with van der Waals surface area (Å²) in [6, 6.07) is 6.99. The predicted octanol–water partition coefficient (Wildman–Crippen LogP) is 3.59. The van der Waals surface area contributed by atoms with Crippen LogP contribution in [0.4, 0.5) is 10.5 Å². The third kappa shape index (κ3) is 3.38. The highest BCUT2D eigenvalue weighted by Gasteiger charge is 2.35. The number of amides is 2. The number of nitrogens with one attached hydrogen (secondary N) is 2. The number of ketones is 1. The number of benzene rings is 1. The maximum atomic E-state index is 12.0. The first kappa shape index (κ1) is 14.6. The predicted molar refractivity (Wildman–Crippen MR) is 80.0 cm³/mol. The number of anilines is 1. The zero-order valence-electron chi connectivity index (χ0n) is 12.3. The Morgan fingerprint density at radius 3 is 2.65 bits per heavy atom. The molecule has 0 radical (unpaired) electrons. The van der Waals surface area contributed by atoms with Crippen LogP contribution in [0.3, 0.4) is 0 Å². The van der Waals surface area contributed by atoms with E-state index in [1.165, 1.54) is 6.92 Å². The molecule has 1 saturated carbocycles. The Balaban J connectivity index is 1.98. The van der Waals surface area contributed by atoms with Crippen LogP contribution in [-0.2, 0) is 0 Å². The Labute approximate surface area is 119 Å². The molecule has 1 aromatic rings. The summed E-state index contributed by atoms with van der Waals surface area (Å²) in [5.41, 5.74) is 1.40. The van der Waals surface area contributed by atoms with Crippen LogP contribution in [0.15, 0.2) is 24.3 Å². The molecule has 108 valence electrons. The van der Waals surface area contributed by atoms with E-state index in [0.717, 1.165) is 19.3 Å². The van der Waals surface area contributed by atoms with Crippen LogP contribution >= 0.6 is 0 Å². The fraction of sp³-hybridized carbons (Fsp3) is 0.500. The molecule has 1 aromatic carbocycles. The Morgan fingerprint density at radius 1 is 1.30 bits per heavy atom. The summed E-state index contributed by atoms with van der Waals surface area (Å²) in [4.78, 5) is 23.3. The van der Waals surface area contributed by atoms with Crippen LogP contribution in [0.1, 0.15) is 50.4 Å². The molecule has 4 nitrogen and oxygen atoms in total. The summed E-state index contributed by atoms with van der Waals surface area (Å²) in [6.07, 6.45) is 3.31. The van der Waals surface area contributed by atoms with Crippen molar-refractivity contribution in [2.75, 3.05) is 5.32 Å². The number of Topliss-reactive ketones (excluding diaryl/α,β-unsaturated/α-hetero) is 1. The van der Waals surface area contributed by atoms with Crippen molar-refractivity contribution in [3.8, 4) is 0 Å². The molecule has 20 heavy (non-hydrogen) atoms. The highest BCUT2D eigenvalue weighted by atomic mass is 16.2. The van der Waals surface area contributed by atoms with Gasteiger partial charge in [-0.2, -0.15) is 0 Å². The van der Waals surface area contributed by atoms with Gasteiger partial charge in [0.05, 0.1) is 0 Å². The molecule has 1 aliphatic rings. The molecule has 1 atom stereocenters. The van der Waals surface area contributed by atoms with Gasteiger partial charge in [0.2, 0.25) is 0 Å². The lowest BCUT2D eigenvalue weighted by molar-refractivity contribution is 0.101. The highest BCUT2D eigenvalue weighted by molar-refractivity contribution is 5.96. The summed E-state index contributed by atoms with van der Waals surface area (Å²) in [6.45, 7) is 5.88. The molecule has 4 heteroatoms. The molecule has 0 spiro atoms. The summed E-state index contributed by atoms with van der Waals surface area (Å²) in [5.74, 6) is -0.00835. The summed E-state index contributed by atoms with van der Waals surface area (Å²) in [5, 5.41) is 5.83. The van der Waals surface area contributed by atoms with Gasteiger partial charge in [-0.1, -0.05) is 32.4 Å². The van der Waals surface area contributed by atoms with Crippen LogP contribution in [0.2, 0.25) is 0 Å². The van der Waals surface area contributed by atoms with Crippen LogP contribution in [0.25, 0.3) is 0 Å². The first-order chi connectivity index (χ1) is 9.38. The zero-order valence-corrected chi connectivity index (χ0v) is 12.3. The molecule has 0 bridgehead atoms. The third-order valence-corrected chi connectivity index (χ3v) is 4.09. The normalized spacial score (nSPS) is 20.4. The lowest BCUT2D eigenvalue weighted by Crippen LogP contribution is -2.43. The zero-order chi connectivity index (χ0) is 14.8. The van der Waals surface area contributed by atoms with Gasteiger partial charge in [-0.05, 0) is 37.3 Å². The van der Waals surface area contributed by atoms with E-state index in [1.807, 2.05) is 0 Å². The monoisotopic (exact) mass is 274 g/mol. The van der Waals surface area contributed by atoms with Crippen molar-refractivity contribution < 1.29 is 9.59 Å². The van der Waals surface area contributed by atoms with Gasteiger partial charge in [0.15, 0.2) is 5.78 Å². The SMILES string of the molecule is CC(=O)c1cccc(NC(=O)NC2CCCC2(C)C)c1. The number of hydrogen-bond donors (Lipinski definition) is 2. The van der Waals surface area contributed by atoms with E-state index in [-0.39, 0.29) is 23.3 Å². The van der Waals surface area contributed by atoms with Crippen molar-refractivity contribution >= 4 is 17.5 Å². The Bertz CT molecular complexity index is 523. The molecule has 1 aliphatic carbocycles. The minimum absolute atomic E-state index is 0.00835. The second-order valence-corrected chi connectivity index (χ2v) is 6.17. The second kappa shape index (κ2) is 5.65. The summed E-state index contributed by atoms with van der Waals surface area (Å²) >= 11 is 0.